The molecule has 1 aliphatic heterocycles. The molecule has 3 heteroatoms. The standard InChI is InChI=1S/C28H28N2O/c1-17-10-9-11-22-21(17)16-25-27(29-22)30(23-12-7-8-13-24(23)31-25)26-18(2)14-20(15-19(26)3)28(4,5)6/h7-16H,1-6H3. The first kappa shape index (κ1) is 19.6. The Kier molecular flexibility index (Phi) is 4.33. The number of rotatable bonds is 1. The molecule has 3 nitrogen and oxygen atoms in total. The highest BCUT2D eigenvalue weighted by molar-refractivity contribution is 5.93. The van der Waals surface area contributed by atoms with Crippen LogP contribution in [0.4, 0.5) is 17.2 Å². The molecule has 0 saturated carbocycles. The largest absolute Gasteiger partial charge is 0.451 e. The van der Waals surface area contributed by atoms with Crippen LogP contribution in [-0.4, -0.2) is 4.98 Å². The molecule has 0 fully saturated rings. The predicted octanol–water partition coefficient (Wildman–Crippen LogP) is 8.03. The molecule has 0 spiro atoms. The average Bonchev–Trinajstić information content (AvgIpc) is 2.71. The van der Waals surface area contributed by atoms with Gasteiger partial charge in [0.05, 0.1) is 16.9 Å². The summed E-state index contributed by atoms with van der Waals surface area (Å²) in [6.45, 7) is 13.3. The minimum atomic E-state index is 0.0981. The van der Waals surface area contributed by atoms with Crippen molar-refractivity contribution in [1.29, 1.82) is 0 Å². The van der Waals surface area contributed by atoms with E-state index in [0.717, 1.165) is 33.9 Å². The molecule has 0 bridgehead atoms. The summed E-state index contributed by atoms with van der Waals surface area (Å²) in [6, 6.07) is 21.2. The Balaban J connectivity index is 1.80. The van der Waals surface area contributed by atoms with E-state index in [2.05, 4.69) is 95.0 Å². The van der Waals surface area contributed by atoms with Gasteiger partial charge in [-0.3, -0.25) is 4.90 Å². The van der Waals surface area contributed by atoms with Crippen LogP contribution < -0.4 is 9.64 Å². The number of hydrogen-bond acceptors (Lipinski definition) is 3. The molecule has 0 aliphatic carbocycles. The fourth-order valence-electron chi connectivity index (χ4n) is 4.48. The van der Waals surface area contributed by atoms with E-state index in [1.165, 1.54) is 27.9 Å². The van der Waals surface area contributed by atoms with E-state index < -0.39 is 0 Å². The van der Waals surface area contributed by atoms with Gasteiger partial charge in [0.15, 0.2) is 17.3 Å². The lowest BCUT2D eigenvalue weighted by atomic mass is 9.84. The highest BCUT2D eigenvalue weighted by Gasteiger charge is 2.30. The van der Waals surface area contributed by atoms with Crippen LogP contribution in [0.5, 0.6) is 11.5 Å². The molecule has 31 heavy (non-hydrogen) atoms. The lowest BCUT2D eigenvalue weighted by Crippen LogP contribution is -2.20. The van der Waals surface area contributed by atoms with E-state index in [4.69, 9.17) is 9.72 Å². The van der Waals surface area contributed by atoms with E-state index >= 15 is 0 Å². The van der Waals surface area contributed by atoms with Crippen molar-refractivity contribution in [2.24, 2.45) is 0 Å². The molecule has 2 heterocycles. The maximum Gasteiger partial charge on any atom is 0.181 e. The molecule has 0 saturated heterocycles. The maximum absolute atomic E-state index is 6.35. The van der Waals surface area contributed by atoms with Crippen LogP contribution in [0.3, 0.4) is 0 Å². The van der Waals surface area contributed by atoms with Crippen molar-refractivity contribution in [3.8, 4) is 11.5 Å². The second-order valence-corrected chi connectivity index (χ2v) is 9.57. The third-order valence-corrected chi connectivity index (χ3v) is 6.14. The van der Waals surface area contributed by atoms with Gasteiger partial charge in [-0.15, -0.1) is 0 Å². The number of pyridine rings is 1. The summed E-state index contributed by atoms with van der Waals surface area (Å²) in [5.41, 5.74) is 8.28. The molecular weight excluding hydrogens is 380 g/mol. The second-order valence-electron chi connectivity index (χ2n) is 9.57. The third kappa shape index (κ3) is 3.16. The SMILES string of the molecule is Cc1cc(C(C)(C)C)cc(C)c1N1c2ccccc2Oc2cc3c(C)cccc3nc21. The summed E-state index contributed by atoms with van der Waals surface area (Å²) in [7, 11) is 0. The summed E-state index contributed by atoms with van der Waals surface area (Å²) < 4.78 is 6.35. The fourth-order valence-corrected chi connectivity index (χ4v) is 4.48. The summed E-state index contributed by atoms with van der Waals surface area (Å²) >= 11 is 0. The number of aryl methyl sites for hydroxylation is 3. The van der Waals surface area contributed by atoms with Crippen molar-refractivity contribution >= 4 is 28.1 Å². The van der Waals surface area contributed by atoms with Crippen LogP contribution in [0.25, 0.3) is 10.9 Å². The number of ether oxygens (including phenoxy) is 1. The number of aromatic nitrogens is 1. The molecule has 156 valence electrons. The molecule has 0 atom stereocenters. The number of nitrogens with zero attached hydrogens (tertiary/aromatic N) is 2. The van der Waals surface area contributed by atoms with Crippen LogP contribution in [0.1, 0.15) is 43.0 Å². The van der Waals surface area contributed by atoms with Gasteiger partial charge in [-0.25, -0.2) is 4.98 Å². The van der Waals surface area contributed by atoms with Gasteiger partial charge in [0, 0.05) is 5.39 Å². The molecule has 0 amide bonds. The minimum Gasteiger partial charge on any atom is -0.451 e. The number of benzene rings is 3. The van der Waals surface area contributed by atoms with Gasteiger partial charge in [0.2, 0.25) is 0 Å². The Labute approximate surface area is 184 Å². The Bertz CT molecular complexity index is 1310. The normalized spacial score (nSPS) is 13.0. The first-order chi connectivity index (χ1) is 14.7. The van der Waals surface area contributed by atoms with Gasteiger partial charge in [0.1, 0.15) is 0 Å². The van der Waals surface area contributed by atoms with Gasteiger partial charge in [0.25, 0.3) is 0 Å². The van der Waals surface area contributed by atoms with Gasteiger partial charge in [-0.05, 0) is 72.7 Å². The summed E-state index contributed by atoms with van der Waals surface area (Å²) in [5, 5.41) is 1.12. The van der Waals surface area contributed by atoms with Gasteiger partial charge in [-0.1, -0.05) is 57.2 Å². The van der Waals surface area contributed by atoms with Crippen LogP contribution in [-0.2, 0) is 5.41 Å². The fraction of sp³-hybridized carbons (Fsp3) is 0.250. The molecule has 3 aromatic carbocycles. The monoisotopic (exact) mass is 408 g/mol. The molecule has 4 aromatic rings. The van der Waals surface area contributed by atoms with Gasteiger partial charge >= 0.3 is 0 Å². The Morgan fingerprint density at radius 2 is 1.48 bits per heavy atom. The van der Waals surface area contributed by atoms with Crippen molar-refractivity contribution < 1.29 is 4.74 Å². The van der Waals surface area contributed by atoms with Crippen molar-refractivity contribution in [3.05, 3.63) is 82.9 Å². The van der Waals surface area contributed by atoms with E-state index in [-0.39, 0.29) is 5.41 Å². The molecule has 1 aromatic heterocycles. The molecule has 5 rings (SSSR count). The minimum absolute atomic E-state index is 0.0981. The third-order valence-electron chi connectivity index (χ3n) is 6.14. The summed E-state index contributed by atoms with van der Waals surface area (Å²) in [4.78, 5) is 7.36. The molecule has 0 unspecified atom stereocenters. The number of fused-ring (bicyclic) bond motifs is 3. The summed E-state index contributed by atoms with van der Waals surface area (Å²) in [5.74, 6) is 2.48. The first-order valence-electron chi connectivity index (χ1n) is 10.8. The number of hydrogen-bond donors (Lipinski definition) is 0. The molecular formula is C28H28N2O. The Hall–Kier alpha value is -3.33. The zero-order chi connectivity index (χ0) is 21.9. The van der Waals surface area contributed by atoms with Gasteiger partial charge < -0.3 is 4.74 Å². The Morgan fingerprint density at radius 3 is 2.19 bits per heavy atom. The van der Waals surface area contributed by atoms with E-state index in [9.17, 15) is 0 Å². The van der Waals surface area contributed by atoms with Gasteiger partial charge in [-0.2, -0.15) is 0 Å². The average molecular weight is 409 g/mol. The molecule has 0 radical (unpaired) electrons. The van der Waals surface area contributed by atoms with E-state index in [1.54, 1.807) is 0 Å². The molecule has 0 N–H and O–H groups in total. The first-order valence-corrected chi connectivity index (χ1v) is 10.8. The van der Waals surface area contributed by atoms with Crippen molar-refractivity contribution in [3.63, 3.8) is 0 Å². The van der Waals surface area contributed by atoms with Crippen LogP contribution in [0.15, 0.2) is 60.7 Å². The lowest BCUT2D eigenvalue weighted by Gasteiger charge is -2.34. The van der Waals surface area contributed by atoms with Crippen LogP contribution in [0, 0.1) is 20.8 Å². The second kappa shape index (κ2) is 6.84. The van der Waals surface area contributed by atoms with Crippen molar-refractivity contribution in [2.45, 2.75) is 47.0 Å². The van der Waals surface area contributed by atoms with Crippen molar-refractivity contribution in [2.75, 3.05) is 4.90 Å². The van der Waals surface area contributed by atoms with E-state index in [0.29, 0.717) is 0 Å². The zero-order valence-corrected chi connectivity index (χ0v) is 19.1. The van der Waals surface area contributed by atoms with Crippen LogP contribution in [0.2, 0.25) is 0 Å². The number of para-hydroxylation sites is 2. The quantitative estimate of drug-likeness (QED) is 0.281. The zero-order valence-electron chi connectivity index (χ0n) is 19.1. The Morgan fingerprint density at radius 1 is 0.774 bits per heavy atom. The number of anilines is 3. The highest BCUT2D eigenvalue weighted by atomic mass is 16.5. The highest BCUT2D eigenvalue weighted by Crippen LogP contribution is 2.52. The smallest absolute Gasteiger partial charge is 0.181 e. The maximum atomic E-state index is 6.35. The predicted molar refractivity (Wildman–Crippen MR) is 129 cm³/mol. The summed E-state index contributed by atoms with van der Waals surface area (Å²) in [6.07, 6.45) is 0. The topological polar surface area (TPSA) is 25.4 Å². The van der Waals surface area contributed by atoms with Crippen LogP contribution >= 0.6 is 0 Å². The van der Waals surface area contributed by atoms with Crippen molar-refractivity contribution in [1.82, 2.24) is 4.98 Å². The lowest BCUT2D eigenvalue weighted by molar-refractivity contribution is 0.475. The molecule has 1 aliphatic rings. The van der Waals surface area contributed by atoms with E-state index in [1.807, 2.05) is 12.1 Å².